The van der Waals surface area contributed by atoms with Gasteiger partial charge in [-0.15, -0.1) is 0 Å². The molecule has 0 spiro atoms. The Balaban J connectivity index is 1.38. The fourth-order valence-electron chi connectivity index (χ4n) is 4.32. The van der Waals surface area contributed by atoms with Crippen LogP contribution in [0, 0.1) is 0 Å². The van der Waals surface area contributed by atoms with Crippen LogP contribution in [-0.2, 0) is 14.3 Å². The highest BCUT2D eigenvalue weighted by atomic mass is 16.5. The summed E-state index contributed by atoms with van der Waals surface area (Å²) in [4.78, 5) is 35.9. The van der Waals surface area contributed by atoms with Crippen LogP contribution in [0.3, 0.4) is 0 Å². The molecule has 0 saturated carbocycles. The molecule has 0 aromatic heterocycles. The van der Waals surface area contributed by atoms with Crippen LogP contribution in [0.5, 0.6) is 0 Å². The number of rotatable bonds is 9. The van der Waals surface area contributed by atoms with Crippen LogP contribution in [0.1, 0.15) is 28.5 Å². The van der Waals surface area contributed by atoms with Crippen LogP contribution >= 0.6 is 0 Å². The summed E-state index contributed by atoms with van der Waals surface area (Å²) >= 11 is 0. The first kappa shape index (κ1) is 23.8. The van der Waals surface area contributed by atoms with Crippen molar-refractivity contribution in [3.63, 3.8) is 0 Å². The minimum Gasteiger partial charge on any atom is -0.478 e. The number of carbonyl (C=O) groups excluding carboxylic acids is 2. The number of carbonyl (C=O) groups is 3. The maximum Gasteiger partial charge on any atom is 0.407 e. The summed E-state index contributed by atoms with van der Waals surface area (Å²) in [6.45, 7) is 0.288. The van der Waals surface area contributed by atoms with Gasteiger partial charge in [-0.1, -0.05) is 84.9 Å². The Kier molecular flexibility index (Phi) is 7.57. The highest BCUT2D eigenvalue weighted by molar-refractivity contribution is 5.85. The second-order valence-electron chi connectivity index (χ2n) is 8.16. The van der Waals surface area contributed by atoms with E-state index < -0.39 is 18.0 Å². The van der Waals surface area contributed by atoms with Gasteiger partial charge in [-0.2, -0.15) is 0 Å². The second kappa shape index (κ2) is 11.2. The molecular weight excluding hydrogens is 444 g/mol. The Morgan fingerprint density at radius 3 is 2.09 bits per heavy atom. The van der Waals surface area contributed by atoms with Crippen molar-refractivity contribution in [2.24, 2.45) is 0 Å². The normalized spacial score (nSPS) is 13.0. The van der Waals surface area contributed by atoms with Crippen molar-refractivity contribution in [1.29, 1.82) is 0 Å². The van der Waals surface area contributed by atoms with E-state index in [1.165, 1.54) is 6.08 Å². The molecular formula is C28H26N2O5. The maximum absolute atomic E-state index is 12.8. The summed E-state index contributed by atoms with van der Waals surface area (Å²) in [5.41, 5.74) is 5.27. The number of amides is 2. The van der Waals surface area contributed by atoms with Crippen molar-refractivity contribution in [3.8, 4) is 11.1 Å². The third kappa shape index (κ3) is 5.76. The maximum atomic E-state index is 12.8. The second-order valence-corrected chi connectivity index (χ2v) is 8.16. The molecule has 7 nitrogen and oxygen atoms in total. The molecule has 1 aliphatic rings. The van der Waals surface area contributed by atoms with Gasteiger partial charge in [0.15, 0.2) is 0 Å². The van der Waals surface area contributed by atoms with Gasteiger partial charge < -0.3 is 20.5 Å². The lowest BCUT2D eigenvalue weighted by molar-refractivity contribution is -0.131. The topological polar surface area (TPSA) is 105 Å². The van der Waals surface area contributed by atoms with Gasteiger partial charge in [0, 0.05) is 25.1 Å². The van der Waals surface area contributed by atoms with Gasteiger partial charge in [0.25, 0.3) is 0 Å². The minimum atomic E-state index is -1.09. The first-order valence-corrected chi connectivity index (χ1v) is 11.4. The van der Waals surface area contributed by atoms with E-state index in [0.29, 0.717) is 0 Å². The number of carboxylic acid groups (broad SMARTS) is 1. The Labute approximate surface area is 203 Å². The highest BCUT2D eigenvalue weighted by Crippen LogP contribution is 2.44. The number of benzene rings is 3. The molecule has 0 bridgehead atoms. The predicted molar refractivity (Wildman–Crippen MR) is 132 cm³/mol. The summed E-state index contributed by atoms with van der Waals surface area (Å²) in [6.07, 6.45) is 1.71. The summed E-state index contributed by atoms with van der Waals surface area (Å²) in [5, 5.41) is 14.1. The first-order valence-electron chi connectivity index (χ1n) is 11.4. The highest BCUT2D eigenvalue weighted by Gasteiger charge is 2.29. The number of fused-ring (bicyclic) bond motifs is 3. The van der Waals surface area contributed by atoms with Crippen molar-refractivity contribution < 1.29 is 24.2 Å². The van der Waals surface area contributed by atoms with Crippen LogP contribution in [0.2, 0.25) is 0 Å². The molecule has 4 rings (SSSR count). The van der Waals surface area contributed by atoms with Crippen LogP contribution < -0.4 is 10.6 Å². The SMILES string of the molecule is O=C(O)/C=C/CNC(=O)C(CNC(=O)OCC1c2ccccc2-c2ccccc21)c1ccccc1. The van der Waals surface area contributed by atoms with E-state index in [9.17, 15) is 14.4 Å². The van der Waals surface area contributed by atoms with E-state index in [1.54, 1.807) is 12.1 Å². The van der Waals surface area contributed by atoms with Crippen LogP contribution in [0.25, 0.3) is 11.1 Å². The van der Waals surface area contributed by atoms with Crippen LogP contribution in [-0.4, -0.2) is 42.8 Å². The summed E-state index contributed by atoms with van der Waals surface area (Å²) < 4.78 is 5.57. The summed E-state index contributed by atoms with van der Waals surface area (Å²) in [6, 6.07) is 25.3. The number of hydrogen-bond acceptors (Lipinski definition) is 4. The van der Waals surface area contributed by atoms with Crippen molar-refractivity contribution in [1.82, 2.24) is 10.6 Å². The summed E-state index contributed by atoms with van der Waals surface area (Å²) in [5.74, 6) is -2.13. The zero-order chi connectivity index (χ0) is 24.6. The van der Waals surface area contributed by atoms with Gasteiger partial charge >= 0.3 is 12.1 Å². The quantitative estimate of drug-likeness (QED) is 0.409. The lowest BCUT2D eigenvalue weighted by Crippen LogP contribution is -2.38. The van der Waals surface area contributed by atoms with Crippen molar-refractivity contribution in [2.45, 2.75) is 11.8 Å². The molecule has 3 N–H and O–H groups in total. The molecule has 0 saturated heterocycles. The van der Waals surface area contributed by atoms with Crippen LogP contribution in [0.4, 0.5) is 4.79 Å². The number of ether oxygens (including phenoxy) is 1. The van der Waals surface area contributed by atoms with Gasteiger partial charge in [0.1, 0.15) is 6.61 Å². The minimum absolute atomic E-state index is 0.0369. The number of alkyl carbamates (subject to hydrolysis) is 1. The van der Waals surface area contributed by atoms with E-state index in [4.69, 9.17) is 9.84 Å². The van der Waals surface area contributed by atoms with E-state index >= 15 is 0 Å². The van der Waals surface area contributed by atoms with Crippen molar-refractivity contribution >= 4 is 18.0 Å². The monoisotopic (exact) mass is 470 g/mol. The molecule has 2 amide bonds. The molecule has 3 aromatic carbocycles. The van der Waals surface area contributed by atoms with Gasteiger partial charge in [-0.3, -0.25) is 4.79 Å². The molecule has 0 aliphatic heterocycles. The molecule has 0 heterocycles. The zero-order valence-electron chi connectivity index (χ0n) is 19.0. The lowest BCUT2D eigenvalue weighted by atomic mass is 9.98. The molecule has 0 fully saturated rings. The Morgan fingerprint density at radius 1 is 0.857 bits per heavy atom. The van der Waals surface area contributed by atoms with Crippen molar-refractivity contribution in [2.75, 3.05) is 19.7 Å². The molecule has 1 atom stereocenters. The molecule has 7 heteroatoms. The van der Waals surface area contributed by atoms with E-state index in [1.807, 2.05) is 42.5 Å². The first-order chi connectivity index (χ1) is 17.0. The fourth-order valence-corrected chi connectivity index (χ4v) is 4.32. The smallest absolute Gasteiger partial charge is 0.407 e. The lowest BCUT2D eigenvalue weighted by Gasteiger charge is -2.18. The predicted octanol–water partition coefficient (Wildman–Crippen LogP) is 4.07. The van der Waals surface area contributed by atoms with Crippen molar-refractivity contribution in [3.05, 3.63) is 108 Å². The third-order valence-electron chi connectivity index (χ3n) is 5.97. The molecule has 178 valence electrons. The Hall–Kier alpha value is -4.39. The number of aliphatic carboxylic acids is 1. The molecule has 35 heavy (non-hydrogen) atoms. The number of hydrogen-bond donors (Lipinski definition) is 3. The number of carboxylic acids is 1. The molecule has 0 radical (unpaired) electrons. The third-order valence-corrected chi connectivity index (χ3v) is 5.97. The average Bonchev–Trinajstić information content (AvgIpc) is 3.20. The summed E-state index contributed by atoms with van der Waals surface area (Å²) in [7, 11) is 0. The molecule has 1 unspecified atom stereocenters. The van der Waals surface area contributed by atoms with Gasteiger partial charge in [-0.05, 0) is 27.8 Å². The average molecular weight is 471 g/mol. The standard InChI is InChI=1S/C28H26N2O5/c31-26(32)15-8-16-29-27(33)24(19-9-2-1-3-10-19)17-30-28(34)35-18-25-22-13-6-4-11-20(22)21-12-5-7-14-23(21)25/h1-15,24-25H,16-18H2,(H,29,33)(H,30,34)(H,31,32)/b15-8+. The number of nitrogens with one attached hydrogen (secondary N) is 2. The van der Waals surface area contributed by atoms with E-state index in [0.717, 1.165) is 33.9 Å². The van der Waals surface area contributed by atoms with Gasteiger partial charge in [0.2, 0.25) is 5.91 Å². The molecule has 1 aliphatic carbocycles. The molecule has 3 aromatic rings. The van der Waals surface area contributed by atoms with Gasteiger partial charge in [-0.25, -0.2) is 9.59 Å². The van der Waals surface area contributed by atoms with E-state index in [2.05, 4.69) is 34.9 Å². The Bertz CT molecular complexity index is 1190. The fraction of sp³-hybridized carbons (Fsp3) is 0.179. The largest absolute Gasteiger partial charge is 0.478 e. The van der Waals surface area contributed by atoms with Crippen LogP contribution in [0.15, 0.2) is 91.0 Å². The zero-order valence-corrected chi connectivity index (χ0v) is 19.0. The van der Waals surface area contributed by atoms with Gasteiger partial charge in [0.05, 0.1) is 5.92 Å². The van der Waals surface area contributed by atoms with E-state index in [-0.39, 0.29) is 31.5 Å². The Morgan fingerprint density at radius 2 is 1.46 bits per heavy atom.